The Morgan fingerprint density at radius 2 is 1.57 bits per heavy atom. The number of halogens is 3. The van der Waals surface area contributed by atoms with E-state index in [1.165, 1.54) is 12.1 Å². The van der Waals surface area contributed by atoms with Crippen LogP contribution in [0.2, 0.25) is 0 Å². The van der Waals surface area contributed by atoms with Crippen LogP contribution in [0.4, 0.5) is 4.79 Å². The number of esters is 2. The Morgan fingerprint density at radius 3 is 2.09 bits per heavy atom. The van der Waals surface area contributed by atoms with Gasteiger partial charge in [0.25, 0.3) is 16.0 Å². The van der Waals surface area contributed by atoms with Crippen molar-refractivity contribution >= 4 is 68.9 Å². The van der Waals surface area contributed by atoms with Crippen LogP contribution in [0, 0.1) is 6.92 Å². The fraction of sp³-hybridized carbons (Fsp3) is 0.333. The molecule has 0 aromatic heterocycles. The molecule has 0 radical (unpaired) electrons. The number of rotatable bonds is 9. The lowest BCUT2D eigenvalue weighted by molar-refractivity contribution is -0.188. The van der Waals surface area contributed by atoms with E-state index in [-0.39, 0.29) is 17.2 Å². The molecule has 1 heterocycles. The molecule has 0 aliphatic carbocycles. The molecule has 13 nitrogen and oxygen atoms in total. The maximum absolute atomic E-state index is 12.7. The SMILES string of the molecule is CC(C)=C(C(=O)OCc1ccccc1)N1C(=O)[C@@H](N)[C@H]1OC(=O)COC(=O)OCC(Cl)(Cl)Cl.Cc1ccc(S(=O)(=O)O)cc1. The molecule has 17 heteroatoms. The summed E-state index contributed by atoms with van der Waals surface area (Å²) >= 11 is 16.3. The minimum Gasteiger partial charge on any atom is -0.456 e. The molecule has 240 valence electrons. The van der Waals surface area contributed by atoms with Gasteiger partial charge in [-0.1, -0.05) is 82.8 Å². The predicted molar refractivity (Wildman–Crippen MR) is 158 cm³/mol. The molecule has 2 aromatic rings. The summed E-state index contributed by atoms with van der Waals surface area (Å²) in [5.74, 6) is -2.50. The van der Waals surface area contributed by atoms with Gasteiger partial charge in [0.15, 0.2) is 6.61 Å². The molecular formula is C27H29Cl3N2O11S. The Hall–Kier alpha value is -3.40. The van der Waals surface area contributed by atoms with Gasteiger partial charge in [-0.15, -0.1) is 0 Å². The van der Waals surface area contributed by atoms with E-state index in [4.69, 9.17) is 54.6 Å². The first-order valence-electron chi connectivity index (χ1n) is 12.5. The van der Waals surface area contributed by atoms with Crippen molar-refractivity contribution in [1.29, 1.82) is 0 Å². The van der Waals surface area contributed by atoms with Gasteiger partial charge in [0.1, 0.15) is 25.0 Å². The van der Waals surface area contributed by atoms with Gasteiger partial charge in [0, 0.05) is 0 Å². The molecule has 1 aliphatic heterocycles. The summed E-state index contributed by atoms with van der Waals surface area (Å²) in [5.41, 5.74) is 7.76. The third kappa shape index (κ3) is 11.6. The van der Waals surface area contributed by atoms with Gasteiger partial charge in [0.05, 0.1) is 4.90 Å². The Morgan fingerprint density at radius 1 is 0.977 bits per heavy atom. The molecule has 0 bridgehead atoms. The van der Waals surface area contributed by atoms with Gasteiger partial charge >= 0.3 is 18.1 Å². The van der Waals surface area contributed by atoms with Crippen LogP contribution in [-0.4, -0.2) is 71.1 Å². The zero-order valence-electron chi connectivity index (χ0n) is 23.6. The lowest BCUT2D eigenvalue weighted by atomic mass is 10.0. The minimum absolute atomic E-state index is 0.0286. The first-order chi connectivity index (χ1) is 20.4. The molecule has 1 aliphatic rings. The Labute approximate surface area is 268 Å². The molecule has 2 aromatic carbocycles. The van der Waals surface area contributed by atoms with E-state index in [0.29, 0.717) is 5.57 Å². The fourth-order valence-corrected chi connectivity index (χ4v) is 4.01. The minimum atomic E-state index is -4.02. The Balaban J connectivity index is 0.000000514. The smallest absolute Gasteiger partial charge is 0.456 e. The first kappa shape index (κ1) is 36.8. The number of likely N-dealkylation sites (tertiary alicyclic amines) is 1. The Bertz CT molecular complexity index is 1470. The van der Waals surface area contributed by atoms with Crippen molar-refractivity contribution < 1.29 is 51.1 Å². The van der Waals surface area contributed by atoms with Crippen molar-refractivity contribution in [2.24, 2.45) is 5.73 Å². The molecule has 1 fully saturated rings. The summed E-state index contributed by atoms with van der Waals surface area (Å²) in [7, 11) is -4.02. The number of carbonyl (C=O) groups is 4. The van der Waals surface area contributed by atoms with Crippen LogP contribution in [0.15, 0.2) is 70.8 Å². The molecule has 3 rings (SSSR count). The zero-order valence-corrected chi connectivity index (χ0v) is 26.7. The summed E-state index contributed by atoms with van der Waals surface area (Å²) in [6.45, 7) is 3.51. The van der Waals surface area contributed by atoms with Gasteiger partial charge in [-0.05, 0) is 44.0 Å². The summed E-state index contributed by atoms with van der Waals surface area (Å²) in [6, 6.07) is 13.7. The largest absolute Gasteiger partial charge is 0.508 e. The monoisotopic (exact) mass is 694 g/mol. The van der Waals surface area contributed by atoms with E-state index < -0.39 is 63.4 Å². The number of aryl methyl sites for hydroxylation is 1. The second-order valence-corrected chi connectivity index (χ2v) is 13.2. The molecular weight excluding hydrogens is 667 g/mol. The van der Waals surface area contributed by atoms with E-state index in [2.05, 4.69) is 9.47 Å². The summed E-state index contributed by atoms with van der Waals surface area (Å²) < 4.78 is 47.2. The van der Waals surface area contributed by atoms with Crippen molar-refractivity contribution in [3.05, 3.63) is 77.0 Å². The highest BCUT2D eigenvalue weighted by Gasteiger charge is 2.51. The molecule has 1 saturated heterocycles. The number of alkyl halides is 3. The van der Waals surface area contributed by atoms with Crippen LogP contribution in [0.25, 0.3) is 0 Å². The van der Waals surface area contributed by atoms with Crippen molar-refractivity contribution in [3.8, 4) is 0 Å². The second-order valence-electron chi connectivity index (χ2n) is 9.26. The van der Waals surface area contributed by atoms with E-state index in [0.717, 1.165) is 16.0 Å². The maximum Gasteiger partial charge on any atom is 0.508 e. The van der Waals surface area contributed by atoms with Crippen molar-refractivity contribution in [2.45, 2.75) is 48.3 Å². The van der Waals surface area contributed by atoms with Crippen molar-refractivity contribution in [2.75, 3.05) is 13.2 Å². The summed E-state index contributed by atoms with van der Waals surface area (Å²) in [6.07, 6.45) is -2.58. The predicted octanol–water partition coefficient (Wildman–Crippen LogP) is 3.83. The van der Waals surface area contributed by atoms with Gasteiger partial charge in [-0.2, -0.15) is 8.42 Å². The zero-order chi connectivity index (χ0) is 33.2. The highest BCUT2D eigenvalue weighted by atomic mass is 35.6. The highest BCUT2D eigenvalue weighted by molar-refractivity contribution is 7.85. The van der Waals surface area contributed by atoms with E-state index >= 15 is 0 Å². The standard InChI is InChI=1S/C20H21Cl3N2O8.C7H8O3S/c1-11(2)15(18(28)30-8-12-6-4-3-5-7-12)25-16(27)14(24)17(25)33-13(26)9-31-19(29)32-10-20(21,22)23;1-6-2-4-7(5-3-6)11(8,9)10/h3-7,14,17H,8-10,24H2,1-2H3;2-5H,1H3,(H,8,9,10)/t14-,17-;/m1./s1. The normalized spacial score (nSPS) is 16.0. The van der Waals surface area contributed by atoms with E-state index in [9.17, 15) is 27.6 Å². The number of β-lactam (4-membered cyclic amide) rings is 1. The fourth-order valence-electron chi connectivity index (χ4n) is 3.36. The number of benzene rings is 2. The number of allylic oxidation sites excluding steroid dienone is 1. The first-order valence-corrected chi connectivity index (χ1v) is 15.0. The lowest BCUT2D eigenvalue weighted by Gasteiger charge is -2.44. The molecule has 44 heavy (non-hydrogen) atoms. The van der Waals surface area contributed by atoms with Crippen LogP contribution in [0.1, 0.15) is 25.0 Å². The number of hydrogen-bond acceptors (Lipinski definition) is 11. The van der Waals surface area contributed by atoms with Gasteiger partial charge < -0.3 is 24.7 Å². The molecule has 1 amide bonds. The third-order valence-corrected chi connectivity index (χ3v) is 6.63. The second kappa shape index (κ2) is 16.1. The topological polar surface area (TPSA) is 189 Å². The van der Waals surface area contributed by atoms with E-state index in [1.807, 2.05) is 13.0 Å². The third-order valence-electron chi connectivity index (χ3n) is 5.44. The number of ether oxygens (including phenoxy) is 4. The number of nitrogens with two attached hydrogens (primary N) is 1. The van der Waals surface area contributed by atoms with Gasteiger partial charge in [-0.25, -0.2) is 14.4 Å². The maximum atomic E-state index is 12.7. The van der Waals surface area contributed by atoms with Crippen LogP contribution >= 0.6 is 34.8 Å². The lowest BCUT2D eigenvalue weighted by Crippen LogP contribution is -2.70. The van der Waals surface area contributed by atoms with Gasteiger partial charge in [-0.3, -0.25) is 14.2 Å². The highest BCUT2D eigenvalue weighted by Crippen LogP contribution is 2.29. The number of carbonyl (C=O) groups excluding carboxylic acids is 4. The summed E-state index contributed by atoms with van der Waals surface area (Å²) in [4.78, 5) is 49.4. The molecule has 3 N–H and O–H groups in total. The summed E-state index contributed by atoms with van der Waals surface area (Å²) in [5, 5.41) is 0. The van der Waals surface area contributed by atoms with Crippen LogP contribution < -0.4 is 5.73 Å². The van der Waals surface area contributed by atoms with Crippen molar-refractivity contribution in [3.63, 3.8) is 0 Å². The number of amides is 1. The van der Waals surface area contributed by atoms with E-state index in [1.54, 1.807) is 50.2 Å². The van der Waals surface area contributed by atoms with Crippen molar-refractivity contribution in [1.82, 2.24) is 4.90 Å². The average molecular weight is 696 g/mol. The molecule has 0 spiro atoms. The van der Waals surface area contributed by atoms with Crippen LogP contribution in [-0.2, 0) is 50.1 Å². The quantitative estimate of drug-likeness (QED) is 0.0965. The van der Waals surface area contributed by atoms with Crippen LogP contribution in [0.3, 0.4) is 0 Å². The number of hydrogen-bond donors (Lipinski definition) is 2. The van der Waals surface area contributed by atoms with Gasteiger partial charge in [0.2, 0.25) is 10.0 Å². The Kier molecular flexibility index (Phi) is 13.4. The molecule has 0 saturated carbocycles. The molecule has 0 unspecified atom stereocenters. The van der Waals surface area contributed by atoms with Crippen LogP contribution in [0.5, 0.6) is 0 Å². The number of nitrogens with zero attached hydrogens (tertiary/aromatic N) is 1. The molecule has 2 atom stereocenters. The average Bonchev–Trinajstić information content (AvgIpc) is 2.95.